The van der Waals surface area contributed by atoms with Crippen LogP contribution in [0.15, 0.2) is 40.8 Å². The minimum absolute atomic E-state index is 0.288. The van der Waals surface area contributed by atoms with Crippen LogP contribution in [0.1, 0.15) is 61.1 Å². The van der Waals surface area contributed by atoms with Gasteiger partial charge >= 0.3 is 5.97 Å². The van der Waals surface area contributed by atoms with Crippen molar-refractivity contribution < 1.29 is 14.3 Å². The fourth-order valence-corrected chi connectivity index (χ4v) is 3.31. The minimum atomic E-state index is -0.912. The second-order valence-electron chi connectivity index (χ2n) is 6.57. The molecule has 128 valence electrons. The molecular formula is C20H25NO3. The second-order valence-corrected chi connectivity index (χ2v) is 6.57. The molecular weight excluding hydrogens is 302 g/mol. The Morgan fingerprint density at radius 1 is 1.00 bits per heavy atom. The van der Waals surface area contributed by atoms with Gasteiger partial charge in [0.1, 0.15) is 11.5 Å². The highest BCUT2D eigenvalue weighted by molar-refractivity contribution is 5.88. The first-order chi connectivity index (χ1) is 11.7. The van der Waals surface area contributed by atoms with Gasteiger partial charge in [0.05, 0.1) is 12.1 Å². The molecule has 1 aromatic heterocycles. The van der Waals surface area contributed by atoms with Gasteiger partial charge in [-0.05, 0) is 37.1 Å². The molecule has 1 aromatic carbocycles. The largest absolute Gasteiger partial charge is 0.478 e. The molecule has 0 aliphatic heterocycles. The van der Waals surface area contributed by atoms with Crippen molar-refractivity contribution in [2.45, 2.75) is 57.5 Å². The number of rotatable bonds is 5. The van der Waals surface area contributed by atoms with E-state index in [4.69, 9.17) is 9.52 Å². The molecule has 0 unspecified atom stereocenters. The van der Waals surface area contributed by atoms with E-state index in [-0.39, 0.29) is 5.56 Å². The van der Waals surface area contributed by atoms with Crippen LogP contribution in [0.5, 0.6) is 0 Å². The summed E-state index contributed by atoms with van der Waals surface area (Å²) >= 11 is 0. The van der Waals surface area contributed by atoms with E-state index in [1.165, 1.54) is 44.9 Å². The molecule has 1 saturated carbocycles. The Kier molecular flexibility index (Phi) is 5.70. The van der Waals surface area contributed by atoms with Crippen molar-refractivity contribution in [2.75, 3.05) is 0 Å². The lowest BCUT2D eigenvalue weighted by molar-refractivity contribution is 0.0697. The summed E-state index contributed by atoms with van der Waals surface area (Å²) in [5, 5.41) is 12.6. The third-order valence-corrected chi connectivity index (χ3v) is 4.75. The van der Waals surface area contributed by atoms with E-state index in [1.54, 1.807) is 24.3 Å². The van der Waals surface area contributed by atoms with Gasteiger partial charge in [0.25, 0.3) is 0 Å². The Hall–Kier alpha value is -2.07. The van der Waals surface area contributed by atoms with Crippen LogP contribution >= 0.6 is 0 Å². The monoisotopic (exact) mass is 327 g/mol. The van der Waals surface area contributed by atoms with Gasteiger partial charge < -0.3 is 14.8 Å². The van der Waals surface area contributed by atoms with Crippen LogP contribution in [0.2, 0.25) is 0 Å². The fourth-order valence-electron chi connectivity index (χ4n) is 3.31. The van der Waals surface area contributed by atoms with Crippen LogP contribution in [0.4, 0.5) is 0 Å². The van der Waals surface area contributed by atoms with Crippen molar-refractivity contribution >= 4 is 5.97 Å². The molecule has 0 spiro atoms. The van der Waals surface area contributed by atoms with Crippen LogP contribution < -0.4 is 5.32 Å². The Labute approximate surface area is 142 Å². The topological polar surface area (TPSA) is 62.5 Å². The van der Waals surface area contributed by atoms with Crippen LogP contribution in [0.3, 0.4) is 0 Å². The van der Waals surface area contributed by atoms with E-state index in [2.05, 4.69) is 5.32 Å². The molecule has 1 fully saturated rings. The number of hydrogen-bond donors (Lipinski definition) is 2. The van der Waals surface area contributed by atoms with E-state index >= 15 is 0 Å². The first-order valence-electron chi connectivity index (χ1n) is 8.88. The first kappa shape index (κ1) is 16.8. The molecule has 1 aliphatic rings. The van der Waals surface area contributed by atoms with Gasteiger partial charge in [-0.15, -0.1) is 0 Å². The molecule has 4 nitrogen and oxygen atoms in total. The van der Waals surface area contributed by atoms with Crippen molar-refractivity contribution in [3.8, 4) is 11.3 Å². The lowest BCUT2D eigenvalue weighted by atomic mass is 9.97. The quantitative estimate of drug-likeness (QED) is 0.824. The van der Waals surface area contributed by atoms with Crippen molar-refractivity contribution in [3.63, 3.8) is 0 Å². The molecule has 0 saturated heterocycles. The molecule has 2 N–H and O–H groups in total. The van der Waals surface area contributed by atoms with Gasteiger partial charge in [0.15, 0.2) is 0 Å². The normalized spacial score (nSPS) is 16.5. The number of benzene rings is 1. The summed E-state index contributed by atoms with van der Waals surface area (Å²) in [6.07, 6.45) is 9.24. The highest BCUT2D eigenvalue weighted by Gasteiger charge is 2.12. The predicted octanol–water partition coefficient (Wildman–Crippen LogP) is 4.85. The number of nitrogens with one attached hydrogen (secondary N) is 1. The zero-order chi connectivity index (χ0) is 16.8. The Morgan fingerprint density at radius 3 is 2.33 bits per heavy atom. The second kappa shape index (κ2) is 8.15. The molecule has 24 heavy (non-hydrogen) atoms. The number of aromatic carboxylic acids is 1. The van der Waals surface area contributed by atoms with Gasteiger partial charge in [-0.2, -0.15) is 0 Å². The van der Waals surface area contributed by atoms with E-state index < -0.39 is 5.97 Å². The van der Waals surface area contributed by atoms with E-state index in [0.29, 0.717) is 6.04 Å². The number of hydrogen-bond acceptors (Lipinski definition) is 3. The maximum atomic E-state index is 10.9. The molecule has 1 aliphatic carbocycles. The Morgan fingerprint density at radius 2 is 1.67 bits per heavy atom. The molecule has 1 heterocycles. The van der Waals surface area contributed by atoms with Crippen LogP contribution in [0, 0.1) is 0 Å². The number of carboxylic acid groups (broad SMARTS) is 1. The molecule has 0 radical (unpaired) electrons. The smallest absolute Gasteiger partial charge is 0.335 e. The minimum Gasteiger partial charge on any atom is -0.478 e. The van der Waals surface area contributed by atoms with E-state index in [9.17, 15) is 4.79 Å². The van der Waals surface area contributed by atoms with Crippen molar-refractivity contribution in [1.29, 1.82) is 0 Å². The number of carboxylic acids is 1. The average molecular weight is 327 g/mol. The Balaban J connectivity index is 1.57. The molecule has 3 rings (SSSR count). The third-order valence-electron chi connectivity index (χ3n) is 4.75. The van der Waals surface area contributed by atoms with Gasteiger partial charge in [0.2, 0.25) is 0 Å². The summed E-state index contributed by atoms with van der Waals surface area (Å²) in [5.41, 5.74) is 1.19. The lowest BCUT2D eigenvalue weighted by Gasteiger charge is -2.20. The highest BCUT2D eigenvalue weighted by Crippen LogP contribution is 2.23. The summed E-state index contributed by atoms with van der Waals surface area (Å²) in [4.78, 5) is 10.9. The Bertz CT molecular complexity index is 652. The van der Waals surface area contributed by atoms with Crippen molar-refractivity contribution in [3.05, 3.63) is 47.7 Å². The molecule has 0 bridgehead atoms. The third kappa shape index (κ3) is 4.48. The highest BCUT2D eigenvalue weighted by atomic mass is 16.4. The summed E-state index contributed by atoms with van der Waals surface area (Å²) in [6, 6.07) is 11.3. The molecule has 0 amide bonds. The maximum Gasteiger partial charge on any atom is 0.335 e. The van der Waals surface area contributed by atoms with Crippen molar-refractivity contribution in [2.24, 2.45) is 0 Å². The SMILES string of the molecule is O=C(O)c1ccc(-c2ccc(CNC3CCCCCCC3)o2)cc1. The molecule has 0 atom stereocenters. The average Bonchev–Trinajstić information content (AvgIpc) is 3.03. The number of carbonyl (C=O) groups is 1. The summed E-state index contributed by atoms with van der Waals surface area (Å²) in [7, 11) is 0. The summed E-state index contributed by atoms with van der Waals surface area (Å²) in [6.45, 7) is 0.748. The standard InChI is InChI=1S/C20H25NO3/c22-20(23)16-10-8-15(9-11-16)19-13-12-18(24-19)14-21-17-6-4-2-1-3-5-7-17/h8-13,17,21H,1-7,14H2,(H,22,23). The van der Waals surface area contributed by atoms with Crippen LogP contribution in [-0.4, -0.2) is 17.1 Å². The van der Waals surface area contributed by atoms with Crippen LogP contribution in [0.25, 0.3) is 11.3 Å². The fraction of sp³-hybridized carbons (Fsp3) is 0.450. The van der Waals surface area contributed by atoms with E-state index in [1.807, 2.05) is 12.1 Å². The number of furan rings is 1. The summed E-state index contributed by atoms with van der Waals surface area (Å²) in [5.74, 6) is 0.792. The first-order valence-corrected chi connectivity index (χ1v) is 8.88. The van der Waals surface area contributed by atoms with E-state index in [0.717, 1.165) is 23.6 Å². The predicted molar refractivity (Wildman–Crippen MR) is 94.1 cm³/mol. The zero-order valence-electron chi connectivity index (χ0n) is 14.0. The maximum absolute atomic E-state index is 10.9. The molecule has 4 heteroatoms. The van der Waals surface area contributed by atoms with Gasteiger partial charge in [-0.1, -0.05) is 44.2 Å². The molecule has 2 aromatic rings. The summed E-state index contributed by atoms with van der Waals surface area (Å²) < 4.78 is 5.91. The zero-order valence-corrected chi connectivity index (χ0v) is 14.0. The lowest BCUT2D eigenvalue weighted by Crippen LogP contribution is -2.29. The van der Waals surface area contributed by atoms with Gasteiger partial charge in [-0.25, -0.2) is 4.79 Å². The van der Waals surface area contributed by atoms with Crippen LogP contribution in [-0.2, 0) is 6.54 Å². The van der Waals surface area contributed by atoms with Crippen molar-refractivity contribution in [1.82, 2.24) is 5.32 Å². The van der Waals surface area contributed by atoms with Gasteiger partial charge in [0, 0.05) is 11.6 Å². The van der Waals surface area contributed by atoms with Gasteiger partial charge in [-0.3, -0.25) is 0 Å².